The lowest BCUT2D eigenvalue weighted by molar-refractivity contribution is -0.140. The quantitative estimate of drug-likeness (QED) is 0.399. The Morgan fingerprint density at radius 3 is 2.45 bits per heavy atom. The first-order valence-corrected chi connectivity index (χ1v) is 12.4. The average molecular weight is 557 g/mol. The van der Waals surface area contributed by atoms with Crippen molar-refractivity contribution in [1.29, 1.82) is 0 Å². The number of hydrogen-bond donors (Lipinski definition) is 1. The predicted molar refractivity (Wildman–Crippen MR) is 139 cm³/mol. The van der Waals surface area contributed by atoms with Gasteiger partial charge in [-0.2, -0.15) is 13.2 Å². The average Bonchev–Trinajstić information content (AvgIpc) is 2.94. The molecule has 4 rings (SSSR count). The lowest BCUT2D eigenvalue weighted by atomic mass is 9.99. The number of nitrogens with one attached hydrogen (secondary N) is 1. The fourth-order valence-corrected chi connectivity index (χ4v) is 4.25. The molecule has 0 unspecified atom stereocenters. The number of amides is 2. The van der Waals surface area contributed by atoms with E-state index in [0.29, 0.717) is 13.1 Å². The number of esters is 1. The summed E-state index contributed by atoms with van der Waals surface area (Å²) in [4.78, 5) is 39.6. The van der Waals surface area contributed by atoms with Crippen LogP contribution in [-0.2, 0) is 33.5 Å². The number of hydrogen-bond acceptors (Lipinski definition) is 6. The molecule has 3 aromatic carbocycles. The van der Waals surface area contributed by atoms with Crippen molar-refractivity contribution in [3.8, 4) is 11.5 Å². The second-order valence-electron chi connectivity index (χ2n) is 9.11. The fourth-order valence-electron chi connectivity index (χ4n) is 4.25. The maximum absolute atomic E-state index is 12.9. The third-order valence-electron chi connectivity index (χ3n) is 6.31. The number of benzene rings is 3. The van der Waals surface area contributed by atoms with Gasteiger partial charge in [-0.1, -0.05) is 30.3 Å². The third kappa shape index (κ3) is 6.90. The summed E-state index contributed by atoms with van der Waals surface area (Å²) in [5.74, 6) is -1.51. The van der Waals surface area contributed by atoms with Crippen LogP contribution in [0.1, 0.15) is 34.0 Å². The molecule has 0 saturated heterocycles. The highest BCUT2D eigenvalue weighted by atomic mass is 19.4. The van der Waals surface area contributed by atoms with E-state index in [1.54, 1.807) is 4.90 Å². The maximum atomic E-state index is 12.9. The molecule has 1 aliphatic rings. The number of fused-ring (bicyclic) bond motifs is 1. The van der Waals surface area contributed by atoms with E-state index in [1.165, 1.54) is 49.9 Å². The van der Waals surface area contributed by atoms with Crippen molar-refractivity contribution in [1.82, 2.24) is 4.90 Å². The van der Waals surface area contributed by atoms with E-state index in [0.717, 1.165) is 24.1 Å². The Morgan fingerprint density at radius 1 is 0.975 bits per heavy atom. The van der Waals surface area contributed by atoms with Crippen LogP contribution in [0.25, 0.3) is 0 Å². The molecule has 1 aliphatic heterocycles. The Morgan fingerprint density at radius 2 is 1.73 bits per heavy atom. The monoisotopic (exact) mass is 556 g/mol. The van der Waals surface area contributed by atoms with Crippen molar-refractivity contribution in [3.05, 3.63) is 89.0 Å². The normalized spacial score (nSPS) is 13.6. The molecule has 0 radical (unpaired) electrons. The topological polar surface area (TPSA) is 94.2 Å². The summed E-state index contributed by atoms with van der Waals surface area (Å²) >= 11 is 0. The smallest absolute Gasteiger partial charge is 0.416 e. The summed E-state index contributed by atoms with van der Waals surface area (Å²) in [5.41, 5.74) is 1.42. The van der Waals surface area contributed by atoms with Gasteiger partial charge in [0, 0.05) is 18.8 Å². The zero-order valence-corrected chi connectivity index (χ0v) is 21.8. The Hall–Kier alpha value is -4.54. The van der Waals surface area contributed by atoms with Gasteiger partial charge >= 0.3 is 12.1 Å². The lowest BCUT2D eigenvalue weighted by Gasteiger charge is -2.30. The Balaban J connectivity index is 1.33. The minimum Gasteiger partial charge on any atom is -0.493 e. The molecule has 0 saturated carbocycles. The van der Waals surface area contributed by atoms with Crippen molar-refractivity contribution >= 4 is 23.5 Å². The molecular weight excluding hydrogens is 529 g/mol. The molecule has 8 nitrogen and oxygen atoms in total. The first-order valence-electron chi connectivity index (χ1n) is 12.4. The van der Waals surface area contributed by atoms with Gasteiger partial charge in [0.05, 0.1) is 18.2 Å². The van der Waals surface area contributed by atoms with Gasteiger partial charge in [0.15, 0.2) is 24.2 Å². The van der Waals surface area contributed by atoms with Gasteiger partial charge < -0.3 is 24.4 Å². The Kier molecular flexibility index (Phi) is 8.61. The molecule has 40 heavy (non-hydrogen) atoms. The summed E-state index contributed by atoms with van der Waals surface area (Å²) < 4.78 is 54.8. The van der Waals surface area contributed by atoms with Gasteiger partial charge in [0.2, 0.25) is 0 Å². The zero-order chi connectivity index (χ0) is 28.9. The minimum absolute atomic E-state index is 0.0362. The number of rotatable bonds is 8. The van der Waals surface area contributed by atoms with E-state index in [4.69, 9.17) is 14.2 Å². The molecular formula is C29H27F3N2O6. The zero-order valence-electron chi connectivity index (χ0n) is 21.8. The van der Waals surface area contributed by atoms with Crippen LogP contribution in [0.4, 0.5) is 18.9 Å². The first-order chi connectivity index (χ1) is 19.0. The van der Waals surface area contributed by atoms with E-state index >= 15 is 0 Å². The molecule has 0 spiro atoms. The van der Waals surface area contributed by atoms with Gasteiger partial charge in [-0.15, -0.1) is 0 Å². The van der Waals surface area contributed by atoms with Crippen molar-refractivity contribution in [2.24, 2.45) is 0 Å². The number of ether oxygens (including phenoxy) is 3. The summed E-state index contributed by atoms with van der Waals surface area (Å²) in [6, 6.07) is 16.2. The number of carbonyl (C=O) groups excluding carboxylic acids is 3. The molecule has 1 atom stereocenters. The van der Waals surface area contributed by atoms with Crippen LogP contribution in [0.15, 0.2) is 66.7 Å². The van der Waals surface area contributed by atoms with Gasteiger partial charge in [-0.05, 0) is 60.9 Å². The summed E-state index contributed by atoms with van der Waals surface area (Å²) in [6.07, 6.45) is -4.84. The number of alkyl halides is 3. The van der Waals surface area contributed by atoms with Crippen LogP contribution in [0.5, 0.6) is 11.5 Å². The highest BCUT2D eigenvalue weighted by molar-refractivity contribution is 5.93. The molecule has 0 aliphatic carbocycles. The molecule has 1 N–H and O–H groups in total. The van der Waals surface area contributed by atoms with E-state index < -0.39 is 36.3 Å². The molecule has 210 valence electrons. The SMILES string of the molecule is COc1cc(C(=O)O[C@H](C)C(=O)N2CCc3ccccc3C2)ccc1OCC(=O)Nc1cccc(C(F)(F)F)c1. The third-order valence-corrected chi connectivity index (χ3v) is 6.31. The standard InChI is InChI=1S/C29H27F3N2O6/c1-18(27(36)34-13-12-19-6-3-4-7-21(19)16-34)40-28(37)20-10-11-24(25(14-20)38-2)39-17-26(35)33-23-9-5-8-22(15-23)29(30,31)32/h3-11,14-15,18H,12-13,16-17H2,1-2H3,(H,33,35)/t18-/m1/s1. The van der Waals surface area contributed by atoms with Crippen LogP contribution in [0.2, 0.25) is 0 Å². The van der Waals surface area contributed by atoms with E-state index in [2.05, 4.69) is 5.32 Å². The van der Waals surface area contributed by atoms with E-state index in [9.17, 15) is 27.6 Å². The van der Waals surface area contributed by atoms with Crippen LogP contribution >= 0.6 is 0 Å². The van der Waals surface area contributed by atoms with Crippen LogP contribution in [0, 0.1) is 0 Å². The van der Waals surface area contributed by atoms with Gasteiger partial charge in [-0.25, -0.2) is 4.79 Å². The Bertz CT molecular complexity index is 1410. The number of nitrogens with zero attached hydrogens (tertiary/aromatic N) is 1. The van der Waals surface area contributed by atoms with E-state index in [-0.39, 0.29) is 28.7 Å². The molecule has 0 fully saturated rings. The van der Waals surface area contributed by atoms with Crippen LogP contribution in [0.3, 0.4) is 0 Å². The van der Waals surface area contributed by atoms with Crippen molar-refractivity contribution in [2.45, 2.75) is 32.2 Å². The van der Waals surface area contributed by atoms with Crippen LogP contribution in [-0.4, -0.2) is 49.0 Å². The fraction of sp³-hybridized carbons (Fsp3) is 0.276. The first kappa shape index (κ1) is 28.5. The maximum Gasteiger partial charge on any atom is 0.416 e. The predicted octanol–water partition coefficient (Wildman–Crippen LogP) is 4.86. The van der Waals surface area contributed by atoms with Crippen molar-refractivity contribution in [2.75, 3.05) is 25.6 Å². The number of anilines is 1. The van der Waals surface area contributed by atoms with Crippen LogP contribution < -0.4 is 14.8 Å². The minimum atomic E-state index is -4.54. The molecule has 0 bridgehead atoms. The van der Waals surface area contributed by atoms with Crippen molar-refractivity contribution < 1.29 is 41.8 Å². The molecule has 11 heteroatoms. The summed E-state index contributed by atoms with van der Waals surface area (Å²) in [6.45, 7) is 1.95. The molecule has 0 aromatic heterocycles. The van der Waals surface area contributed by atoms with Gasteiger partial charge in [-0.3, -0.25) is 9.59 Å². The second kappa shape index (κ2) is 12.1. The lowest BCUT2D eigenvalue weighted by Crippen LogP contribution is -2.42. The van der Waals surface area contributed by atoms with E-state index in [1.807, 2.05) is 24.3 Å². The second-order valence-corrected chi connectivity index (χ2v) is 9.11. The summed E-state index contributed by atoms with van der Waals surface area (Å²) in [7, 11) is 1.33. The number of carbonyl (C=O) groups is 3. The van der Waals surface area contributed by atoms with Gasteiger partial charge in [0.1, 0.15) is 0 Å². The largest absolute Gasteiger partial charge is 0.493 e. The number of halogens is 3. The van der Waals surface area contributed by atoms with Crippen molar-refractivity contribution in [3.63, 3.8) is 0 Å². The Labute approximate surface area is 228 Å². The molecule has 3 aromatic rings. The highest BCUT2D eigenvalue weighted by Gasteiger charge is 2.31. The number of methoxy groups -OCH3 is 1. The molecule has 1 heterocycles. The molecule has 2 amide bonds. The summed E-state index contributed by atoms with van der Waals surface area (Å²) in [5, 5.41) is 2.34. The highest BCUT2D eigenvalue weighted by Crippen LogP contribution is 2.31. The van der Waals surface area contributed by atoms with Gasteiger partial charge in [0.25, 0.3) is 11.8 Å².